The molecule has 2 aromatic carbocycles. The van der Waals surface area contributed by atoms with E-state index in [2.05, 4.69) is 0 Å². The van der Waals surface area contributed by atoms with E-state index in [4.69, 9.17) is 5.73 Å². The molecular weight excluding hydrogens is 263 g/mol. The van der Waals surface area contributed by atoms with E-state index in [1.54, 1.807) is 30.3 Å². The highest BCUT2D eigenvalue weighted by atomic mass is 35.5. The molecule has 0 saturated heterocycles. The maximum absolute atomic E-state index is 12.6. The quantitative estimate of drug-likeness (QED) is 0.767. The Bertz CT molecular complexity index is 538. The van der Waals surface area contributed by atoms with Gasteiger partial charge in [0.1, 0.15) is 0 Å². The molecule has 96 valence electrons. The smallest absolute Gasteiger partial charge is 0.398 e. The van der Waals surface area contributed by atoms with E-state index in [-0.39, 0.29) is 12.4 Å². The molecule has 5 heteroatoms. The molecule has 0 heterocycles. The van der Waals surface area contributed by atoms with E-state index in [9.17, 15) is 13.2 Å². The van der Waals surface area contributed by atoms with Crippen molar-refractivity contribution in [2.45, 2.75) is 6.18 Å². The second kappa shape index (κ2) is 5.31. The number of nitrogens with two attached hydrogens (primary N) is 1. The van der Waals surface area contributed by atoms with Crippen molar-refractivity contribution < 1.29 is 13.2 Å². The van der Waals surface area contributed by atoms with Gasteiger partial charge in [-0.15, -0.1) is 12.4 Å². The first kappa shape index (κ1) is 14.4. The van der Waals surface area contributed by atoms with Crippen LogP contribution in [0, 0.1) is 0 Å². The van der Waals surface area contributed by atoms with Gasteiger partial charge in [0.25, 0.3) is 0 Å². The molecule has 2 N–H and O–H groups in total. The third-order valence-corrected chi connectivity index (χ3v) is 2.46. The van der Waals surface area contributed by atoms with Gasteiger partial charge in [-0.2, -0.15) is 13.2 Å². The van der Waals surface area contributed by atoms with Crippen molar-refractivity contribution >= 4 is 18.1 Å². The van der Waals surface area contributed by atoms with Crippen molar-refractivity contribution in [2.24, 2.45) is 0 Å². The van der Waals surface area contributed by atoms with Gasteiger partial charge in [-0.1, -0.05) is 30.3 Å². The molecule has 0 unspecified atom stereocenters. The Kier molecular flexibility index (Phi) is 4.24. The number of halogens is 4. The van der Waals surface area contributed by atoms with Crippen LogP contribution in [0.5, 0.6) is 0 Å². The minimum absolute atomic E-state index is 0. The zero-order valence-corrected chi connectivity index (χ0v) is 10.1. The third-order valence-electron chi connectivity index (χ3n) is 2.46. The summed E-state index contributed by atoms with van der Waals surface area (Å²) in [6.45, 7) is 0. The number of alkyl halides is 3. The highest BCUT2D eigenvalue weighted by Gasteiger charge is 2.30. The van der Waals surface area contributed by atoms with Crippen LogP contribution in [0.1, 0.15) is 5.56 Å². The van der Waals surface area contributed by atoms with Gasteiger partial charge in [0, 0.05) is 11.3 Å². The summed E-state index contributed by atoms with van der Waals surface area (Å²) in [4.78, 5) is 0. The molecule has 0 saturated carbocycles. The van der Waals surface area contributed by atoms with Crippen LogP contribution in [-0.2, 0) is 6.18 Å². The average molecular weight is 274 g/mol. The maximum Gasteiger partial charge on any atom is 0.416 e. The number of nitrogen functional groups attached to an aromatic ring is 1. The third kappa shape index (κ3) is 2.96. The van der Waals surface area contributed by atoms with Crippen molar-refractivity contribution in [3.05, 3.63) is 54.1 Å². The van der Waals surface area contributed by atoms with Crippen LogP contribution in [-0.4, -0.2) is 0 Å². The van der Waals surface area contributed by atoms with Crippen LogP contribution >= 0.6 is 12.4 Å². The second-order valence-corrected chi connectivity index (χ2v) is 3.67. The van der Waals surface area contributed by atoms with Crippen LogP contribution in [0.25, 0.3) is 11.1 Å². The van der Waals surface area contributed by atoms with Crippen LogP contribution in [0.4, 0.5) is 18.9 Å². The van der Waals surface area contributed by atoms with Gasteiger partial charge in [-0.3, -0.25) is 0 Å². The van der Waals surface area contributed by atoms with Crippen molar-refractivity contribution in [1.29, 1.82) is 0 Å². The van der Waals surface area contributed by atoms with E-state index in [0.717, 1.165) is 12.1 Å². The van der Waals surface area contributed by atoms with Crippen molar-refractivity contribution in [1.82, 2.24) is 0 Å². The molecule has 0 amide bonds. The fraction of sp³-hybridized carbons (Fsp3) is 0.0769. The van der Waals surface area contributed by atoms with Crippen LogP contribution in [0.3, 0.4) is 0 Å². The lowest BCUT2D eigenvalue weighted by Gasteiger charge is -2.10. The monoisotopic (exact) mass is 273 g/mol. The van der Waals surface area contributed by atoms with Crippen LogP contribution in [0.2, 0.25) is 0 Å². The number of rotatable bonds is 1. The SMILES string of the molecule is Cl.Nc1ccccc1-c1cccc(C(F)(F)F)c1. The fourth-order valence-electron chi connectivity index (χ4n) is 1.62. The molecular formula is C13H11ClF3N. The van der Waals surface area contributed by atoms with Gasteiger partial charge in [0.2, 0.25) is 0 Å². The Balaban J connectivity index is 0.00000162. The predicted octanol–water partition coefficient (Wildman–Crippen LogP) is 4.38. The summed E-state index contributed by atoms with van der Waals surface area (Å²) >= 11 is 0. The molecule has 18 heavy (non-hydrogen) atoms. The Morgan fingerprint density at radius 3 is 2.17 bits per heavy atom. The lowest BCUT2D eigenvalue weighted by atomic mass is 10.0. The average Bonchev–Trinajstić information content (AvgIpc) is 2.29. The molecule has 0 spiro atoms. The zero-order valence-electron chi connectivity index (χ0n) is 9.24. The molecule has 0 aliphatic carbocycles. The van der Waals surface area contributed by atoms with Crippen LogP contribution < -0.4 is 5.73 Å². The van der Waals surface area contributed by atoms with Crippen LogP contribution in [0.15, 0.2) is 48.5 Å². The van der Waals surface area contributed by atoms with E-state index in [1.807, 2.05) is 0 Å². The lowest BCUT2D eigenvalue weighted by molar-refractivity contribution is -0.137. The molecule has 1 nitrogen and oxygen atoms in total. The molecule has 0 aliphatic rings. The minimum atomic E-state index is -4.33. The zero-order chi connectivity index (χ0) is 12.5. The van der Waals surface area contributed by atoms with Gasteiger partial charge in [-0.25, -0.2) is 0 Å². The molecule has 2 rings (SSSR count). The summed E-state index contributed by atoms with van der Waals surface area (Å²) in [5.74, 6) is 0. The van der Waals surface area contributed by atoms with Crippen molar-refractivity contribution in [3.8, 4) is 11.1 Å². The molecule has 0 fully saturated rings. The second-order valence-electron chi connectivity index (χ2n) is 3.67. The number of para-hydroxylation sites is 1. The first-order valence-corrected chi connectivity index (χ1v) is 5.00. The molecule has 2 aromatic rings. The standard InChI is InChI=1S/C13H10F3N.ClH/c14-13(15,16)10-5-3-4-9(8-10)11-6-1-2-7-12(11)17;/h1-8H,17H2;1H. The topological polar surface area (TPSA) is 26.0 Å². The van der Waals surface area contributed by atoms with E-state index < -0.39 is 11.7 Å². The molecule has 0 bridgehead atoms. The molecule has 0 aliphatic heterocycles. The maximum atomic E-state index is 12.6. The number of anilines is 1. The first-order valence-electron chi connectivity index (χ1n) is 5.00. The summed E-state index contributed by atoms with van der Waals surface area (Å²) < 4.78 is 37.7. The predicted molar refractivity (Wildman–Crippen MR) is 68.5 cm³/mol. The van der Waals surface area contributed by atoms with Gasteiger partial charge >= 0.3 is 6.18 Å². The summed E-state index contributed by atoms with van der Waals surface area (Å²) in [6, 6.07) is 12.0. The highest BCUT2D eigenvalue weighted by molar-refractivity contribution is 5.85. The molecule has 0 radical (unpaired) electrons. The highest BCUT2D eigenvalue weighted by Crippen LogP contribution is 2.33. The van der Waals surface area contributed by atoms with Gasteiger partial charge in [0.15, 0.2) is 0 Å². The van der Waals surface area contributed by atoms with E-state index in [1.165, 1.54) is 6.07 Å². The Morgan fingerprint density at radius 1 is 0.889 bits per heavy atom. The van der Waals surface area contributed by atoms with E-state index in [0.29, 0.717) is 16.8 Å². The van der Waals surface area contributed by atoms with Crippen molar-refractivity contribution in [2.75, 3.05) is 5.73 Å². The summed E-state index contributed by atoms with van der Waals surface area (Å²) in [5.41, 5.74) is 6.61. The van der Waals surface area contributed by atoms with E-state index >= 15 is 0 Å². The molecule has 0 aromatic heterocycles. The normalized spacial score (nSPS) is 10.8. The summed E-state index contributed by atoms with van der Waals surface area (Å²) in [5, 5.41) is 0. The fourth-order valence-corrected chi connectivity index (χ4v) is 1.62. The van der Waals surface area contributed by atoms with Gasteiger partial charge < -0.3 is 5.73 Å². The van der Waals surface area contributed by atoms with Gasteiger partial charge in [0.05, 0.1) is 5.56 Å². The number of hydrogen-bond acceptors (Lipinski definition) is 1. The minimum Gasteiger partial charge on any atom is -0.398 e. The largest absolute Gasteiger partial charge is 0.416 e. The first-order chi connectivity index (χ1) is 7.98. The molecule has 0 atom stereocenters. The number of hydrogen-bond donors (Lipinski definition) is 1. The number of benzene rings is 2. The Labute approximate surface area is 109 Å². The van der Waals surface area contributed by atoms with Crippen molar-refractivity contribution in [3.63, 3.8) is 0 Å². The summed E-state index contributed by atoms with van der Waals surface area (Å²) in [6.07, 6.45) is -4.33. The lowest BCUT2D eigenvalue weighted by Crippen LogP contribution is -2.04. The Morgan fingerprint density at radius 2 is 1.56 bits per heavy atom. The van der Waals surface area contributed by atoms with Gasteiger partial charge in [-0.05, 0) is 23.8 Å². The Hall–Kier alpha value is -1.68. The summed E-state index contributed by atoms with van der Waals surface area (Å²) in [7, 11) is 0.